The minimum absolute atomic E-state index is 0.00405. The number of nitrogens with zero attached hydrogens (tertiary/aromatic N) is 5. The molecule has 23 heavy (non-hydrogen) atoms. The minimum atomic E-state index is -0.255. The van der Waals surface area contributed by atoms with Gasteiger partial charge in [-0.05, 0) is 0 Å². The van der Waals surface area contributed by atoms with Gasteiger partial charge in [0.1, 0.15) is 0 Å². The van der Waals surface area contributed by atoms with Gasteiger partial charge < -0.3 is 19.3 Å². The quantitative estimate of drug-likeness (QED) is 0.707. The Kier molecular flexibility index (Phi) is 3.83. The smallest absolute Gasteiger partial charge is 0.293 e. The van der Waals surface area contributed by atoms with Crippen LogP contribution in [-0.4, -0.2) is 70.9 Å². The van der Waals surface area contributed by atoms with E-state index in [1.54, 1.807) is 38.4 Å². The van der Waals surface area contributed by atoms with E-state index < -0.39 is 0 Å². The zero-order valence-electron chi connectivity index (χ0n) is 13.6. The Morgan fingerprint density at radius 1 is 1.26 bits per heavy atom. The van der Waals surface area contributed by atoms with Gasteiger partial charge in [0, 0.05) is 59.6 Å². The Balaban J connectivity index is 1.64. The number of amides is 2. The highest BCUT2D eigenvalue weighted by molar-refractivity contribution is 5.89. The zero-order valence-corrected chi connectivity index (χ0v) is 13.6. The van der Waals surface area contributed by atoms with Gasteiger partial charge in [0.05, 0.1) is 12.0 Å². The Bertz CT molecular complexity index is 693. The van der Waals surface area contributed by atoms with Crippen molar-refractivity contribution < 1.29 is 9.59 Å². The maximum absolute atomic E-state index is 12.2. The monoisotopic (exact) mass is 319 g/mol. The molecule has 0 bridgehead atoms. The van der Waals surface area contributed by atoms with Crippen LogP contribution in [0.25, 0.3) is 0 Å². The van der Waals surface area contributed by atoms with Gasteiger partial charge in [0.2, 0.25) is 11.8 Å². The summed E-state index contributed by atoms with van der Waals surface area (Å²) in [6.07, 6.45) is 3.49. The largest absolute Gasteiger partial charge is 0.349 e. The summed E-state index contributed by atoms with van der Waals surface area (Å²) in [5.74, 6) is 0.174. The molecule has 8 heteroatoms. The van der Waals surface area contributed by atoms with Gasteiger partial charge in [-0.15, -0.1) is 0 Å². The molecule has 1 unspecified atom stereocenters. The zero-order chi connectivity index (χ0) is 16.7. The molecule has 8 nitrogen and oxygen atoms in total. The van der Waals surface area contributed by atoms with Crippen molar-refractivity contribution in [2.75, 3.05) is 38.6 Å². The standard InChI is InChI=1S/C15H21N5O3/c1-17(2)14(22)10-6-12(21)20(7-10)11-8-19(9-11)13-15(23)18(3)5-4-16-13/h4-5,10-11H,6-9H2,1-3H3. The molecule has 2 fully saturated rings. The van der Waals surface area contributed by atoms with Gasteiger partial charge in [-0.2, -0.15) is 0 Å². The summed E-state index contributed by atoms with van der Waals surface area (Å²) in [6, 6.07) is 0.0502. The van der Waals surface area contributed by atoms with E-state index in [1.165, 1.54) is 9.47 Å². The maximum atomic E-state index is 12.2. The Labute approximate surface area is 134 Å². The molecule has 2 aliphatic heterocycles. The topological polar surface area (TPSA) is 78.8 Å². The second-order valence-electron chi connectivity index (χ2n) is 6.41. The first kappa shape index (κ1) is 15.5. The van der Waals surface area contributed by atoms with Crippen molar-refractivity contribution in [3.8, 4) is 0 Å². The van der Waals surface area contributed by atoms with Crippen molar-refractivity contribution in [3.05, 3.63) is 22.7 Å². The molecule has 1 aromatic rings. The van der Waals surface area contributed by atoms with E-state index in [-0.39, 0.29) is 35.8 Å². The van der Waals surface area contributed by atoms with Crippen molar-refractivity contribution in [1.29, 1.82) is 0 Å². The second-order valence-corrected chi connectivity index (χ2v) is 6.41. The van der Waals surface area contributed by atoms with Gasteiger partial charge in [0.15, 0.2) is 5.82 Å². The lowest BCUT2D eigenvalue weighted by molar-refractivity contribution is -0.133. The van der Waals surface area contributed by atoms with E-state index >= 15 is 0 Å². The van der Waals surface area contributed by atoms with Crippen LogP contribution in [0.1, 0.15) is 6.42 Å². The molecule has 0 aliphatic carbocycles. The Morgan fingerprint density at radius 3 is 2.61 bits per heavy atom. The third kappa shape index (κ3) is 2.69. The summed E-state index contributed by atoms with van der Waals surface area (Å²) in [4.78, 5) is 45.5. The van der Waals surface area contributed by atoms with Crippen molar-refractivity contribution >= 4 is 17.6 Å². The summed E-state index contributed by atoms with van der Waals surface area (Å²) in [6.45, 7) is 1.64. The summed E-state index contributed by atoms with van der Waals surface area (Å²) < 4.78 is 1.49. The van der Waals surface area contributed by atoms with Crippen LogP contribution in [0.15, 0.2) is 17.2 Å². The lowest BCUT2D eigenvalue weighted by Crippen LogP contribution is -2.61. The fraction of sp³-hybridized carbons (Fsp3) is 0.600. The first-order chi connectivity index (χ1) is 10.9. The number of aryl methyl sites for hydroxylation is 1. The Hall–Kier alpha value is -2.38. The first-order valence-electron chi connectivity index (χ1n) is 7.65. The molecule has 1 atom stereocenters. The molecule has 3 rings (SSSR count). The number of hydrogen-bond acceptors (Lipinski definition) is 5. The van der Waals surface area contributed by atoms with Crippen molar-refractivity contribution in [2.45, 2.75) is 12.5 Å². The number of likely N-dealkylation sites (tertiary alicyclic amines) is 1. The molecule has 2 aliphatic rings. The number of aromatic nitrogens is 2. The van der Waals surface area contributed by atoms with Crippen LogP contribution >= 0.6 is 0 Å². The van der Waals surface area contributed by atoms with Crippen LogP contribution in [0.3, 0.4) is 0 Å². The van der Waals surface area contributed by atoms with Crippen molar-refractivity contribution in [2.24, 2.45) is 13.0 Å². The van der Waals surface area contributed by atoms with E-state index in [9.17, 15) is 14.4 Å². The van der Waals surface area contributed by atoms with E-state index in [4.69, 9.17) is 0 Å². The molecule has 2 amide bonds. The predicted molar refractivity (Wildman–Crippen MR) is 84.0 cm³/mol. The van der Waals surface area contributed by atoms with Gasteiger partial charge in [-0.25, -0.2) is 4.98 Å². The summed E-state index contributed by atoms with van der Waals surface area (Å²) >= 11 is 0. The number of carbonyl (C=O) groups excluding carboxylic acids is 2. The minimum Gasteiger partial charge on any atom is -0.349 e. The number of anilines is 1. The second kappa shape index (κ2) is 5.68. The van der Waals surface area contributed by atoms with E-state index in [0.717, 1.165) is 0 Å². The normalized spacial score (nSPS) is 21.5. The highest BCUT2D eigenvalue weighted by Crippen LogP contribution is 2.27. The highest BCUT2D eigenvalue weighted by atomic mass is 16.2. The summed E-state index contributed by atoms with van der Waals surface area (Å²) in [5.41, 5.74) is -0.139. The third-order valence-corrected chi connectivity index (χ3v) is 4.55. The van der Waals surface area contributed by atoms with E-state index in [1.807, 2.05) is 4.90 Å². The summed E-state index contributed by atoms with van der Waals surface area (Å²) in [5, 5.41) is 0. The van der Waals surface area contributed by atoms with Crippen molar-refractivity contribution in [1.82, 2.24) is 19.4 Å². The van der Waals surface area contributed by atoms with Crippen LogP contribution in [0.4, 0.5) is 5.82 Å². The van der Waals surface area contributed by atoms with E-state index in [2.05, 4.69) is 4.98 Å². The number of hydrogen-bond donors (Lipinski definition) is 0. The molecule has 0 radical (unpaired) electrons. The first-order valence-corrected chi connectivity index (χ1v) is 7.65. The maximum Gasteiger partial charge on any atom is 0.293 e. The molecular weight excluding hydrogens is 298 g/mol. The fourth-order valence-corrected chi connectivity index (χ4v) is 3.14. The van der Waals surface area contributed by atoms with Crippen molar-refractivity contribution in [3.63, 3.8) is 0 Å². The van der Waals surface area contributed by atoms with E-state index in [0.29, 0.717) is 25.5 Å². The molecule has 124 valence electrons. The molecule has 2 saturated heterocycles. The van der Waals surface area contributed by atoms with Crippen LogP contribution < -0.4 is 10.5 Å². The van der Waals surface area contributed by atoms with Crippen LogP contribution in [0.2, 0.25) is 0 Å². The van der Waals surface area contributed by atoms with Crippen LogP contribution in [-0.2, 0) is 16.6 Å². The molecule has 3 heterocycles. The molecular formula is C15H21N5O3. The highest BCUT2D eigenvalue weighted by Gasteiger charge is 2.43. The van der Waals surface area contributed by atoms with Crippen LogP contribution in [0, 0.1) is 5.92 Å². The van der Waals surface area contributed by atoms with Gasteiger partial charge >= 0.3 is 0 Å². The van der Waals surface area contributed by atoms with Gasteiger partial charge in [-0.1, -0.05) is 0 Å². The molecule has 0 aromatic carbocycles. The average molecular weight is 319 g/mol. The molecule has 1 aromatic heterocycles. The fourth-order valence-electron chi connectivity index (χ4n) is 3.14. The summed E-state index contributed by atoms with van der Waals surface area (Å²) in [7, 11) is 5.10. The average Bonchev–Trinajstić information content (AvgIpc) is 2.83. The molecule has 0 N–H and O–H groups in total. The Morgan fingerprint density at radius 2 is 1.96 bits per heavy atom. The lowest BCUT2D eigenvalue weighted by atomic mass is 10.1. The number of carbonyl (C=O) groups is 2. The number of rotatable bonds is 3. The lowest BCUT2D eigenvalue weighted by Gasteiger charge is -2.44. The van der Waals surface area contributed by atoms with Gasteiger partial charge in [-0.3, -0.25) is 14.4 Å². The molecule has 0 saturated carbocycles. The molecule has 0 spiro atoms. The van der Waals surface area contributed by atoms with Gasteiger partial charge in [0.25, 0.3) is 5.56 Å². The SMILES string of the molecule is CN(C)C(=O)C1CC(=O)N(C2CN(c3nccn(C)c3=O)C2)C1. The third-order valence-electron chi connectivity index (χ3n) is 4.55. The van der Waals surface area contributed by atoms with Crippen LogP contribution in [0.5, 0.6) is 0 Å². The predicted octanol–water partition coefficient (Wildman–Crippen LogP) is -1.09.